The van der Waals surface area contributed by atoms with Gasteiger partial charge in [0.15, 0.2) is 0 Å². The number of aromatic nitrogens is 1. The SMILES string of the molecule is CCc1noc(C)c1C(=O)N(CC)CC(=O)NCc1ccc(Cl)cc1. The number of aryl methyl sites for hydroxylation is 2. The minimum absolute atomic E-state index is 0.0172. The highest BCUT2D eigenvalue weighted by molar-refractivity contribution is 6.30. The molecule has 25 heavy (non-hydrogen) atoms. The molecule has 1 aromatic carbocycles. The summed E-state index contributed by atoms with van der Waals surface area (Å²) in [5.41, 5.74) is 2.01. The molecule has 0 saturated heterocycles. The minimum atomic E-state index is -0.236. The van der Waals surface area contributed by atoms with E-state index in [9.17, 15) is 9.59 Å². The molecule has 1 N–H and O–H groups in total. The third-order valence-corrected chi connectivity index (χ3v) is 4.14. The number of halogens is 1. The van der Waals surface area contributed by atoms with Gasteiger partial charge in [-0.05, 0) is 38.0 Å². The van der Waals surface area contributed by atoms with Gasteiger partial charge in [0.2, 0.25) is 5.91 Å². The Labute approximate surface area is 152 Å². The summed E-state index contributed by atoms with van der Waals surface area (Å²) >= 11 is 5.84. The van der Waals surface area contributed by atoms with Crippen LogP contribution in [0.3, 0.4) is 0 Å². The highest BCUT2D eigenvalue weighted by Crippen LogP contribution is 2.16. The normalized spacial score (nSPS) is 10.6. The molecule has 2 aromatic rings. The van der Waals surface area contributed by atoms with Gasteiger partial charge in [-0.25, -0.2) is 0 Å². The second kappa shape index (κ2) is 8.67. The first kappa shape index (κ1) is 19.0. The van der Waals surface area contributed by atoms with E-state index in [2.05, 4.69) is 10.5 Å². The topological polar surface area (TPSA) is 75.4 Å². The van der Waals surface area contributed by atoms with Crippen LogP contribution >= 0.6 is 11.6 Å². The molecule has 1 heterocycles. The molecule has 6 nitrogen and oxygen atoms in total. The van der Waals surface area contributed by atoms with Crippen molar-refractivity contribution in [1.82, 2.24) is 15.4 Å². The average molecular weight is 364 g/mol. The molecule has 1 aromatic heterocycles. The predicted molar refractivity (Wildman–Crippen MR) is 95.5 cm³/mol. The van der Waals surface area contributed by atoms with E-state index in [1.54, 1.807) is 19.1 Å². The molecule has 0 aliphatic rings. The van der Waals surface area contributed by atoms with Crippen molar-refractivity contribution in [2.24, 2.45) is 0 Å². The first-order valence-electron chi connectivity index (χ1n) is 8.21. The van der Waals surface area contributed by atoms with Crippen molar-refractivity contribution in [3.8, 4) is 0 Å². The van der Waals surface area contributed by atoms with Crippen LogP contribution in [0.25, 0.3) is 0 Å². The largest absolute Gasteiger partial charge is 0.361 e. The number of carbonyl (C=O) groups is 2. The Bertz CT molecular complexity index is 741. The van der Waals surface area contributed by atoms with E-state index in [1.807, 2.05) is 26.0 Å². The van der Waals surface area contributed by atoms with Crippen LogP contribution in [-0.2, 0) is 17.8 Å². The van der Waals surface area contributed by atoms with Crippen molar-refractivity contribution in [1.29, 1.82) is 0 Å². The number of hydrogen-bond donors (Lipinski definition) is 1. The standard InChI is InChI=1S/C18H22ClN3O3/c1-4-15-17(12(3)25-21-15)18(24)22(5-2)11-16(23)20-10-13-6-8-14(19)9-7-13/h6-9H,4-5,10-11H2,1-3H3,(H,20,23). The average Bonchev–Trinajstić information content (AvgIpc) is 2.99. The summed E-state index contributed by atoms with van der Waals surface area (Å²) in [5, 5.41) is 7.36. The van der Waals surface area contributed by atoms with Crippen molar-refractivity contribution in [2.45, 2.75) is 33.7 Å². The molecule has 0 atom stereocenters. The third-order valence-electron chi connectivity index (χ3n) is 3.89. The zero-order valence-corrected chi connectivity index (χ0v) is 15.4. The number of amides is 2. The van der Waals surface area contributed by atoms with Crippen LogP contribution in [-0.4, -0.2) is 35.0 Å². The molecule has 7 heteroatoms. The Kier molecular flexibility index (Phi) is 6.58. The molecule has 0 spiro atoms. The summed E-state index contributed by atoms with van der Waals surface area (Å²) in [6.07, 6.45) is 0.596. The van der Waals surface area contributed by atoms with E-state index >= 15 is 0 Å². The Morgan fingerprint density at radius 3 is 2.52 bits per heavy atom. The number of carbonyl (C=O) groups excluding carboxylic acids is 2. The molecule has 0 saturated carbocycles. The predicted octanol–water partition coefficient (Wildman–Crippen LogP) is 2.98. The molecular formula is C18H22ClN3O3. The van der Waals surface area contributed by atoms with Crippen LogP contribution < -0.4 is 5.32 Å². The summed E-state index contributed by atoms with van der Waals surface area (Å²) in [6, 6.07) is 7.23. The zero-order valence-electron chi connectivity index (χ0n) is 14.6. The van der Waals surface area contributed by atoms with Crippen LogP contribution in [0.15, 0.2) is 28.8 Å². The van der Waals surface area contributed by atoms with E-state index in [4.69, 9.17) is 16.1 Å². The van der Waals surface area contributed by atoms with Crippen LogP contribution in [0.5, 0.6) is 0 Å². The molecule has 0 aliphatic carbocycles. The van der Waals surface area contributed by atoms with Crippen LogP contribution in [0, 0.1) is 6.92 Å². The molecule has 0 unspecified atom stereocenters. The van der Waals surface area contributed by atoms with E-state index < -0.39 is 0 Å². The zero-order chi connectivity index (χ0) is 18.4. The summed E-state index contributed by atoms with van der Waals surface area (Å²) in [5.74, 6) is 0.0129. The molecule has 2 amide bonds. The minimum Gasteiger partial charge on any atom is -0.361 e. The molecule has 0 aliphatic heterocycles. The second-order valence-corrected chi connectivity index (χ2v) is 6.07. The Morgan fingerprint density at radius 2 is 1.92 bits per heavy atom. The number of hydrogen-bond acceptors (Lipinski definition) is 4. The van der Waals surface area contributed by atoms with Crippen LogP contribution in [0.2, 0.25) is 5.02 Å². The lowest BCUT2D eigenvalue weighted by molar-refractivity contribution is -0.121. The van der Waals surface area contributed by atoms with Crippen molar-refractivity contribution in [3.05, 3.63) is 51.9 Å². The maximum Gasteiger partial charge on any atom is 0.259 e. The monoisotopic (exact) mass is 363 g/mol. The van der Waals surface area contributed by atoms with E-state index in [1.165, 1.54) is 4.90 Å². The summed E-state index contributed by atoms with van der Waals surface area (Å²) in [7, 11) is 0. The van der Waals surface area contributed by atoms with Gasteiger partial charge in [0.25, 0.3) is 5.91 Å². The Morgan fingerprint density at radius 1 is 1.24 bits per heavy atom. The van der Waals surface area contributed by atoms with Crippen molar-refractivity contribution in [3.63, 3.8) is 0 Å². The third kappa shape index (κ3) is 4.82. The van der Waals surface area contributed by atoms with Gasteiger partial charge < -0.3 is 14.7 Å². The van der Waals surface area contributed by atoms with Crippen LogP contribution in [0.1, 0.15) is 41.2 Å². The number of benzene rings is 1. The lowest BCUT2D eigenvalue weighted by atomic mass is 10.1. The number of rotatable bonds is 7. The Balaban J connectivity index is 1.98. The molecule has 0 bridgehead atoms. The fraction of sp³-hybridized carbons (Fsp3) is 0.389. The quantitative estimate of drug-likeness (QED) is 0.820. The first-order chi connectivity index (χ1) is 12.0. The van der Waals surface area contributed by atoms with Crippen LogP contribution in [0.4, 0.5) is 0 Å². The van der Waals surface area contributed by atoms with Gasteiger partial charge in [0, 0.05) is 18.1 Å². The Hall–Kier alpha value is -2.34. The second-order valence-electron chi connectivity index (χ2n) is 5.64. The van der Waals surface area contributed by atoms with Gasteiger partial charge in [0.1, 0.15) is 11.3 Å². The van der Waals surface area contributed by atoms with Gasteiger partial charge in [0.05, 0.1) is 12.2 Å². The molecule has 2 rings (SSSR count). The molecule has 0 radical (unpaired) electrons. The van der Waals surface area contributed by atoms with Gasteiger partial charge in [-0.15, -0.1) is 0 Å². The van der Waals surface area contributed by atoms with E-state index in [0.717, 1.165) is 5.56 Å². The lowest BCUT2D eigenvalue weighted by Crippen LogP contribution is -2.40. The highest BCUT2D eigenvalue weighted by Gasteiger charge is 2.24. The highest BCUT2D eigenvalue weighted by atomic mass is 35.5. The molecule has 0 fully saturated rings. The summed E-state index contributed by atoms with van der Waals surface area (Å²) in [6.45, 7) is 6.22. The van der Waals surface area contributed by atoms with Crippen molar-refractivity contribution < 1.29 is 14.1 Å². The molecule has 134 valence electrons. The van der Waals surface area contributed by atoms with Crippen molar-refractivity contribution >= 4 is 23.4 Å². The summed E-state index contributed by atoms with van der Waals surface area (Å²) in [4.78, 5) is 26.4. The smallest absolute Gasteiger partial charge is 0.259 e. The lowest BCUT2D eigenvalue weighted by Gasteiger charge is -2.20. The fourth-order valence-electron chi connectivity index (χ4n) is 2.45. The van der Waals surface area contributed by atoms with Crippen molar-refractivity contribution in [2.75, 3.05) is 13.1 Å². The van der Waals surface area contributed by atoms with Gasteiger partial charge in [-0.3, -0.25) is 9.59 Å². The summed E-state index contributed by atoms with van der Waals surface area (Å²) < 4.78 is 5.11. The maximum atomic E-state index is 12.7. The van der Waals surface area contributed by atoms with Gasteiger partial charge in [-0.2, -0.15) is 0 Å². The van der Waals surface area contributed by atoms with E-state index in [-0.39, 0.29) is 18.4 Å². The van der Waals surface area contributed by atoms with Gasteiger partial charge >= 0.3 is 0 Å². The van der Waals surface area contributed by atoms with Gasteiger partial charge in [-0.1, -0.05) is 35.8 Å². The fourth-order valence-corrected chi connectivity index (χ4v) is 2.58. The first-order valence-corrected chi connectivity index (χ1v) is 8.59. The number of nitrogens with zero attached hydrogens (tertiary/aromatic N) is 2. The molecular weight excluding hydrogens is 342 g/mol. The maximum absolute atomic E-state index is 12.7. The van der Waals surface area contributed by atoms with E-state index in [0.29, 0.717) is 41.6 Å². The number of nitrogens with one attached hydrogen (secondary N) is 1. The number of likely N-dealkylation sites (N-methyl/N-ethyl adjacent to an activating group) is 1.